The van der Waals surface area contributed by atoms with Crippen molar-refractivity contribution in [1.82, 2.24) is 0 Å². The average molecular weight is 244 g/mol. The number of carbonyl (C=O) groups is 2. The summed E-state index contributed by atoms with van der Waals surface area (Å²) in [7, 11) is 0. The van der Waals surface area contributed by atoms with Crippen LogP contribution in [0.25, 0.3) is 0 Å². The Labute approximate surface area is 99.1 Å². The first kappa shape index (κ1) is 15.3. The maximum Gasteiger partial charge on any atom is 0.333 e. The number of esters is 2. The molecule has 0 heterocycles. The molecule has 6 heteroatoms. The third-order valence-electron chi connectivity index (χ3n) is 1.57. The molecule has 0 rings (SSSR count). The zero-order chi connectivity index (χ0) is 13.6. The summed E-state index contributed by atoms with van der Waals surface area (Å²) in [5.74, 6) is -3.96. The summed E-state index contributed by atoms with van der Waals surface area (Å²) in [5, 5.41) is 18.6. The molecule has 0 aliphatic heterocycles. The molecule has 0 bridgehead atoms. The van der Waals surface area contributed by atoms with E-state index in [1.54, 1.807) is 0 Å². The molecule has 6 nitrogen and oxygen atoms in total. The third-order valence-corrected chi connectivity index (χ3v) is 1.57. The fourth-order valence-corrected chi connectivity index (χ4v) is 0.650. The summed E-state index contributed by atoms with van der Waals surface area (Å²) in [5.41, 5.74) is 0.250. The van der Waals surface area contributed by atoms with Crippen molar-refractivity contribution in [3.8, 4) is 0 Å². The molecular formula is C11H16O6. The van der Waals surface area contributed by atoms with Gasteiger partial charge in [-0.2, -0.15) is 0 Å². The fraction of sp³-hybridized carbons (Fsp3) is 0.455. The van der Waals surface area contributed by atoms with Gasteiger partial charge in [0.15, 0.2) is 0 Å². The Morgan fingerprint density at radius 1 is 1.00 bits per heavy atom. The van der Waals surface area contributed by atoms with Crippen LogP contribution in [-0.4, -0.2) is 41.2 Å². The van der Waals surface area contributed by atoms with Crippen molar-refractivity contribution in [3.63, 3.8) is 0 Å². The second-order valence-corrected chi connectivity index (χ2v) is 3.70. The van der Waals surface area contributed by atoms with E-state index in [4.69, 9.17) is 0 Å². The van der Waals surface area contributed by atoms with E-state index in [2.05, 4.69) is 22.6 Å². The smallest absolute Gasteiger partial charge is 0.333 e. The first-order valence-electron chi connectivity index (χ1n) is 4.76. The SMILES string of the molecule is C=C(C)C(=O)OCC(O)(O)COC(=O)C(=C)C. The number of rotatable bonds is 6. The summed E-state index contributed by atoms with van der Waals surface area (Å²) in [6, 6.07) is 0. The highest BCUT2D eigenvalue weighted by Crippen LogP contribution is 2.05. The summed E-state index contributed by atoms with van der Waals surface area (Å²) in [4.78, 5) is 21.9. The molecule has 0 saturated carbocycles. The van der Waals surface area contributed by atoms with Gasteiger partial charge < -0.3 is 19.7 Å². The van der Waals surface area contributed by atoms with Crippen molar-refractivity contribution in [2.45, 2.75) is 19.6 Å². The average Bonchev–Trinajstić information content (AvgIpc) is 2.22. The second-order valence-electron chi connectivity index (χ2n) is 3.70. The molecule has 0 unspecified atom stereocenters. The van der Waals surface area contributed by atoms with E-state index in [9.17, 15) is 19.8 Å². The van der Waals surface area contributed by atoms with Crippen LogP contribution in [0.4, 0.5) is 0 Å². The Bertz CT molecular complexity index is 310. The predicted octanol–water partition coefficient (Wildman–Crippen LogP) is -0.0941. The molecule has 17 heavy (non-hydrogen) atoms. The van der Waals surface area contributed by atoms with Crippen LogP contribution < -0.4 is 0 Å². The van der Waals surface area contributed by atoms with Crippen LogP contribution in [0.5, 0.6) is 0 Å². The molecule has 0 aromatic heterocycles. The Morgan fingerprint density at radius 2 is 1.29 bits per heavy atom. The van der Waals surface area contributed by atoms with Gasteiger partial charge in [0.1, 0.15) is 13.2 Å². The highest BCUT2D eigenvalue weighted by Gasteiger charge is 2.27. The second kappa shape index (κ2) is 6.17. The summed E-state index contributed by atoms with van der Waals surface area (Å²) >= 11 is 0. The van der Waals surface area contributed by atoms with Crippen LogP contribution in [-0.2, 0) is 19.1 Å². The summed E-state index contributed by atoms with van der Waals surface area (Å²) in [6.07, 6.45) is 0. The van der Waals surface area contributed by atoms with Gasteiger partial charge >= 0.3 is 11.9 Å². The van der Waals surface area contributed by atoms with E-state index in [0.29, 0.717) is 0 Å². The van der Waals surface area contributed by atoms with Gasteiger partial charge in [0, 0.05) is 11.1 Å². The number of hydrogen-bond acceptors (Lipinski definition) is 6. The number of carbonyl (C=O) groups excluding carboxylic acids is 2. The lowest BCUT2D eigenvalue weighted by Crippen LogP contribution is -2.41. The molecule has 0 fully saturated rings. The van der Waals surface area contributed by atoms with E-state index in [-0.39, 0.29) is 11.1 Å². The van der Waals surface area contributed by atoms with E-state index >= 15 is 0 Å². The van der Waals surface area contributed by atoms with Gasteiger partial charge in [-0.15, -0.1) is 0 Å². The van der Waals surface area contributed by atoms with E-state index < -0.39 is 30.9 Å². The molecule has 0 aromatic carbocycles. The first-order chi connectivity index (χ1) is 7.65. The lowest BCUT2D eigenvalue weighted by atomic mass is 10.3. The van der Waals surface area contributed by atoms with Crippen molar-refractivity contribution in [2.75, 3.05) is 13.2 Å². The minimum absolute atomic E-state index is 0.125. The van der Waals surface area contributed by atoms with Gasteiger partial charge in [0.25, 0.3) is 0 Å². The van der Waals surface area contributed by atoms with Gasteiger partial charge in [-0.05, 0) is 13.8 Å². The molecular weight excluding hydrogens is 228 g/mol. The minimum atomic E-state index is -2.43. The molecule has 0 saturated heterocycles. The Hall–Kier alpha value is -1.66. The van der Waals surface area contributed by atoms with Crippen LogP contribution in [0.3, 0.4) is 0 Å². The Morgan fingerprint density at radius 3 is 1.53 bits per heavy atom. The first-order valence-corrected chi connectivity index (χ1v) is 4.76. The largest absolute Gasteiger partial charge is 0.456 e. The normalized spacial score (nSPS) is 10.6. The maximum absolute atomic E-state index is 11.0. The molecule has 0 atom stereocenters. The molecule has 0 aliphatic rings. The van der Waals surface area contributed by atoms with Crippen LogP contribution in [0.2, 0.25) is 0 Å². The molecule has 0 aliphatic carbocycles. The van der Waals surface area contributed by atoms with Gasteiger partial charge in [0.2, 0.25) is 5.79 Å². The lowest BCUT2D eigenvalue weighted by molar-refractivity contribution is -0.224. The molecule has 0 spiro atoms. The van der Waals surface area contributed by atoms with Crippen molar-refractivity contribution >= 4 is 11.9 Å². The van der Waals surface area contributed by atoms with Gasteiger partial charge in [-0.25, -0.2) is 9.59 Å². The number of ether oxygens (including phenoxy) is 2. The van der Waals surface area contributed by atoms with Crippen LogP contribution in [0.15, 0.2) is 24.3 Å². The maximum atomic E-state index is 11.0. The highest BCUT2D eigenvalue weighted by molar-refractivity contribution is 5.87. The predicted molar refractivity (Wildman–Crippen MR) is 58.7 cm³/mol. The summed E-state index contributed by atoms with van der Waals surface area (Å²) in [6.45, 7) is 8.03. The highest BCUT2D eigenvalue weighted by atomic mass is 16.6. The Kier molecular flexibility index (Phi) is 5.57. The van der Waals surface area contributed by atoms with Crippen molar-refractivity contribution in [2.24, 2.45) is 0 Å². The van der Waals surface area contributed by atoms with Crippen LogP contribution in [0, 0.1) is 0 Å². The van der Waals surface area contributed by atoms with Gasteiger partial charge in [-0.1, -0.05) is 13.2 Å². The van der Waals surface area contributed by atoms with Crippen molar-refractivity contribution in [3.05, 3.63) is 24.3 Å². The van der Waals surface area contributed by atoms with E-state index in [1.807, 2.05) is 0 Å². The zero-order valence-electron chi connectivity index (χ0n) is 9.86. The topological polar surface area (TPSA) is 93.1 Å². The lowest BCUT2D eigenvalue weighted by Gasteiger charge is -2.20. The van der Waals surface area contributed by atoms with Crippen LogP contribution >= 0.6 is 0 Å². The van der Waals surface area contributed by atoms with Gasteiger partial charge in [-0.3, -0.25) is 0 Å². The number of hydrogen-bond donors (Lipinski definition) is 2. The quantitative estimate of drug-likeness (QED) is 0.385. The van der Waals surface area contributed by atoms with Crippen LogP contribution in [0.1, 0.15) is 13.8 Å². The minimum Gasteiger partial charge on any atom is -0.456 e. The van der Waals surface area contributed by atoms with Crippen molar-refractivity contribution < 1.29 is 29.3 Å². The molecule has 0 amide bonds. The standard InChI is InChI=1S/C11H16O6/c1-7(2)9(12)16-5-11(14,15)6-17-10(13)8(3)4/h14-15H,1,3,5-6H2,2,4H3. The van der Waals surface area contributed by atoms with E-state index in [0.717, 1.165) is 0 Å². The fourth-order valence-electron chi connectivity index (χ4n) is 0.650. The van der Waals surface area contributed by atoms with Crippen molar-refractivity contribution in [1.29, 1.82) is 0 Å². The van der Waals surface area contributed by atoms with E-state index in [1.165, 1.54) is 13.8 Å². The summed E-state index contributed by atoms with van der Waals surface area (Å²) < 4.78 is 9.02. The molecule has 0 radical (unpaired) electrons. The third kappa shape index (κ3) is 6.49. The molecule has 2 N–H and O–H groups in total. The monoisotopic (exact) mass is 244 g/mol. The molecule has 96 valence electrons. The number of aliphatic hydroxyl groups is 2. The van der Waals surface area contributed by atoms with Gasteiger partial charge in [0.05, 0.1) is 0 Å². The Balaban J connectivity index is 4.12. The zero-order valence-corrected chi connectivity index (χ0v) is 9.86. The molecule has 0 aromatic rings.